The maximum absolute atomic E-state index is 13.1. The van der Waals surface area contributed by atoms with Crippen LogP contribution < -0.4 is 10.6 Å². The van der Waals surface area contributed by atoms with Gasteiger partial charge in [0.2, 0.25) is 0 Å². The number of hydrogen-bond donors (Lipinski definition) is 2. The molecule has 5 aromatic rings. The first kappa shape index (κ1) is 28.3. The molecule has 0 fully saturated rings. The Bertz CT molecular complexity index is 1910. The van der Waals surface area contributed by atoms with Crippen LogP contribution in [0.3, 0.4) is 0 Å². The molecule has 0 aromatic heterocycles. The molecule has 0 aliphatic heterocycles. The van der Waals surface area contributed by atoms with Gasteiger partial charge in [-0.15, -0.1) is 0 Å². The lowest BCUT2D eigenvalue weighted by molar-refractivity contribution is 0.0600. The molecule has 9 heteroatoms. The van der Waals surface area contributed by atoms with Gasteiger partial charge in [0.1, 0.15) is 0 Å². The summed E-state index contributed by atoms with van der Waals surface area (Å²) >= 11 is 0. The van der Waals surface area contributed by atoms with Crippen molar-refractivity contribution >= 4 is 49.8 Å². The van der Waals surface area contributed by atoms with Crippen molar-refractivity contribution in [3.8, 4) is 11.1 Å². The second-order valence-corrected chi connectivity index (χ2v) is 11.5. The molecule has 2 N–H and O–H groups in total. The van der Waals surface area contributed by atoms with Gasteiger partial charge in [-0.25, -0.2) is 13.2 Å². The van der Waals surface area contributed by atoms with Gasteiger partial charge in [0.05, 0.1) is 23.3 Å². The molecule has 210 valence electrons. The third-order valence-electron chi connectivity index (χ3n) is 6.71. The molecule has 0 heterocycles. The first-order valence-electron chi connectivity index (χ1n) is 12.9. The number of carbonyl (C=O) groups is 3. The van der Waals surface area contributed by atoms with Gasteiger partial charge in [0.15, 0.2) is 9.84 Å². The predicted molar refractivity (Wildman–Crippen MR) is 163 cm³/mol. The van der Waals surface area contributed by atoms with Crippen LogP contribution in [0.1, 0.15) is 31.1 Å². The molecule has 42 heavy (non-hydrogen) atoms. The summed E-state index contributed by atoms with van der Waals surface area (Å²) in [6.45, 7) is 0. The Morgan fingerprint density at radius 3 is 1.69 bits per heavy atom. The summed E-state index contributed by atoms with van der Waals surface area (Å²) in [5.74, 6) is -1.15. The highest BCUT2D eigenvalue weighted by atomic mass is 32.2. The minimum absolute atomic E-state index is 0.155. The lowest BCUT2D eigenvalue weighted by atomic mass is 10.0. The number of rotatable bonds is 7. The number of methoxy groups -OCH3 is 1. The van der Waals surface area contributed by atoms with E-state index in [-0.39, 0.29) is 16.7 Å². The molecule has 0 aliphatic rings. The average Bonchev–Trinajstić information content (AvgIpc) is 3.00. The van der Waals surface area contributed by atoms with Crippen molar-refractivity contribution in [1.29, 1.82) is 0 Å². The van der Waals surface area contributed by atoms with E-state index in [1.807, 2.05) is 24.3 Å². The second kappa shape index (κ2) is 11.7. The monoisotopic (exact) mass is 578 g/mol. The third kappa shape index (κ3) is 6.06. The summed E-state index contributed by atoms with van der Waals surface area (Å²) in [4.78, 5) is 37.4. The summed E-state index contributed by atoms with van der Waals surface area (Å²) in [5.41, 5.74) is 3.93. The summed E-state index contributed by atoms with van der Waals surface area (Å²) in [6.07, 6.45) is 1.14. The molecule has 0 radical (unpaired) electrons. The van der Waals surface area contributed by atoms with E-state index in [1.165, 1.54) is 25.3 Å². The van der Waals surface area contributed by atoms with E-state index in [2.05, 4.69) is 15.4 Å². The van der Waals surface area contributed by atoms with Crippen molar-refractivity contribution in [2.24, 2.45) is 0 Å². The number of fused-ring (bicyclic) bond motifs is 1. The molecule has 0 spiro atoms. The van der Waals surface area contributed by atoms with Crippen LogP contribution in [0.2, 0.25) is 0 Å². The highest BCUT2D eigenvalue weighted by molar-refractivity contribution is 7.91. The van der Waals surface area contributed by atoms with Gasteiger partial charge in [-0.05, 0) is 77.2 Å². The average molecular weight is 579 g/mol. The summed E-state index contributed by atoms with van der Waals surface area (Å²) in [6, 6.07) is 30.7. The molecular formula is C33H26N2O6S. The normalized spacial score (nSPS) is 11.1. The highest BCUT2D eigenvalue weighted by Crippen LogP contribution is 2.31. The number of amides is 2. The molecule has 8 nitrogen and oxygen atoms in total. The van der Waals surface area contributed by atoms with Crippen LogP contribution in [0.25, 0.3) is 21.9 Å². The maximum Gasteiger partial charge on any atom is 0.337 e. The number of esters is 1. The molecule has 5 rings (SSSR count). The predicted octanol–water partition coefficient (Wildman–Crippen LogP) is 6.20. The number of anilines is 2. The largest absolute Gasteiger partial charge is 0.465 e. The zero-order chi connectivity index (χ0) is 29.9. The molecule has 0 bridgehead atoms. The van der Waals surface area contributed by atoms with Gasteiger partial charge in [-0.2, -0.15) is 0 Å². The Morgan fingerprint density at radius 2 is 1.12 bits per heavy atom. The van der Waals surface area contributed by atoms with Gasteiger partial charge < -0.3 is 15.4 Å². The Morgan fingerprint density at radius 1 is 0.619 bits per heavy atom. The molecule has 2 amide bonds. The van der Waals surface area contributed by atoms with Crippen LogP contribution in [0.4, 0.5) is 11.4 Å². The lowest BCUT2D eigenvalue weighted by Crippen LogP contribution is -2.13. The molecule has 0 aliphatic carbocycles. The third-order valence-corrected chi connectivity index (χ3v) is 7.84. The number of sulfone groups is 1. The van der Waals surface area contributed by atoms with E-state index in [4.69, 9.17) is 0 Å². The molecule has 0 unspecified atom stereocenters. The maximum atomic E-state index is 13.1. The Labute approximate surface area is 242 Å². The van der Waals surface area contributed by atoms with Crippen LogP contribution in [0, 0.1) is 0 Å². The smallest absolute Gasteiger partial charge is 0.337 e. The number of ether oxygens (including phenoxy) is 1. The van der Waals surface area contributed by atoms with Gasteiger partial charge in [-0.3, -0.25) is 9.59 Å². The van der Waals surface area contributed by atoms with Gasteiger partial charge in [0, 0.05) is 28.5 Å². The van der Waals surface area contributed by atoms with Crippen molar-refractivity contribution in [3.05, 3.63) is 126 Å². The van der Waals surface area contributed by atoms with Crippen molar-refractivity contribution in [2.45, 2.75) is 4.90 Å². The van der Waals surface area contributed by atoms with Gasteiger partial charge >= 0.3 is 5.97 Å². The SMILES string of the molecule is COC(=O)c1ccc(C(=O)Nc2ccc(-c3ccc(C(=O)Nc4cccc5cccc(S(C)(=O)=O)c45)cc3)cc2)cc1. The molecule has 5 aromatic carbocycles. The fourth-order valence-corrected chi connectivity index (χ4v) is 5.48. The van der Waals surface area contributed by atoms with Crippen molar-refractivity contribution in [1.82, 2.24) is 0 Å². The van der Waals surface area contributed by atoms with E-state index in [1.54, 1.807) is 66.7 Å². The van der Waals surface area contributed by atoms with Crippen LogP contribution >= 0.6 is 0 Å². The van der Waals surface area contributed by atoms with E-state index in [9.17, 15) is 22.8 Å². The minimum atomic E-state index is -3.51. The molecule has 0 atom stereocenters. The molecule has 0 saturated carbocycles. The Hall–Kier alpha value is -5.28. The van der Waals surface area contributed by atoms with E-state index >= 15 is 0 Å². The van der Waals surface area contributed by atoms with Gasteiger partial charge in [-0.1, -0.05) is 48.5 Å². The fourth-order valence-electron chi connectivity index (χ4n) is 4.55. The highest BCUT2D eigenvalue weighted by Gasteiger charge is 2.17. The first-order valence-corrected chi connectivity index (χ1v) is 14.8. The van der Waals surface area contributed by atoms with E-state index in [0.717, 1.165) is 17.4 Å². The minimum Gasteiger partial charge on any atom is -0.465 e. The van der Waals surface area contributed by atoms with Crippen LogP contribution in [-0.2, 0) is 14.6 Å². The van der Waals surface area contributed by atoms with Crippen LogP contribution in [0.15, 0.2) is 114 Å². The van der Waals surface area contributed by atoms with Crippen molar-refractivity contribution < 1.29 is 27.5 Å². The van der Waals surface area contributed by atoms with Gasteiger partial charge in [0.25, 0.3) is 11.8 Å². The molecular weight excluding hydrogens is 552 g/mol. The summed E-state index contributed by atoms with van der Waals surface area (Å²) in [7, 11) is -2.21. The first-order chi connectivity index (χ1) is 20.1. The summed E-state index contributed by atoms with van der Waals surface area (Å²) in [5, 5.41) is 6.86. The van der Waals surface area contributed by atoms with Crippen molar-refractivity contribution in [2.75, 3.05) is 24.0 Å². The number of nitrogens with one attached hydrogen (secondary N) is 2. The quantitative estimate of drug-likeness (QED) is 0.222. The van der Waals surface area contributed by atoms with Crippen LogP contribution in [-0.4, -0.2) is 39.6 Å². The lowest BCUT2D eigenvalue weighted by Gasteiger charge is -2.12. The standard InChI is InChI=1S/C33H26N2O6S/c1-41-33(38)26-15-13-24(14-16-26)31(36)34-27-19-17-22(18-20-27)21-9-11-25(12-10-21)32(37)35-28-7-3-5-23-6-4-8-29(30(23)28)42(2,39)40/h3-20H,1-2H3,(H,34,36)(H,35,37). The number of hydrogen-bond acceptors (Lipinski definition) is 6. The fraction of sp³-hybridized carbons (Fsp3) is 0.0606. The summed E-state index contributed by atoms with van der Waals surface area (Å²) < 4.78 is 29.4. The van der Waals surface area contributed by atoms with E-state index in [0.29, 0.717) is 38.8 Å². The number of benzene rings is 5. The number of carbonyl (C=O) groups excluding carboxylic acids is 3. The zero-order valence-corrected chi connectivity index (χ0v) is 23.6. The second-order valence-electron chi connectivity index (χ2n) is 9.56. The zero-order valence-electron chi connectivity index (χ0n) is 22.8. The molecule has 0 saturated heterocycles. The van der Waals surface area contributed by atoms with Crippen molar-refractivity contribution in [3.63, 3.8) is 0 Å². The van der Waals surface area contributed by atoms with E-state index < -0.39 is 15.8 Å². The topological polar surface area (TPSA) is 119 Å². The Balaban J connectivity index is 1.27. The Kier molecular flexibility index (Phi) is 7.86. The van der Waals surface area contributed by atoms with Crippen LogP contribution in [0.5, 0.6) is 0 Å².